The van der Waals surface area contributed by atoms with Gasteiger partial charge in [-0.2, -0.15) is 0 Å². The fraction of sp³-hybridized carbons (Fsp3) is 0.538. The summed E-state index contributed by atoms with van der Waals surface area (Å²) in [5.74, 6) is 5.63. The number of benzene rings is 1. The summed E-state index contributed by atoms with van der Waals surface area (Å²) in [7, 11) is 0. The Balaban J connectivity index is 2.06. The Kier molecular flexibility index (Phi) is 2.81. The maximum atomic E-state index is 5.63. The molecule has 1 aromatic carbocycles. The lowest BCUT2D eigenvalue weighted by atomic mass is 9.92. The lowest BCUT2D eigenvalue weighted by Gasteiger charge is -2.22. The van der Waals surface area contributed by atoms with Crippen LogP contribution in [0.2, 0.25) is 0 Å². The lowest BCUT2D eigenvalue weighted by molar-refractivity contribution is 0.359. The number of aryl methyl sites for hydroxylation is 1. The van der Waals surface area contributed by atoms with E-state index in [2.05, 4.69) is 43.5 Å². The number of hydrazine groups is 1. The molecular formula is C13H20N2. The fourth-order valence-electron chi connectivity index (χ4n) is 2.13. The Bertz CT molecular complexity index is 342. The van der Waals surface area contributed by atoms with Gasteiger partial charge in [0.2, 0.25) is 0 Å². The molecule has 0 bridgehead atoms. The molecular weight excluding hydrogens is 184 g/mol. The number of nitrogens with one attached hydrogen (secondary N) is 1. The van der Waals surface area contributed by atoms with Gasteiger partial charge in [0, 0.05) is 6.04 Å². The van der Waals surface area contributed by atoms with E-state index < -0.39 is 0 Å². The zero-order valence-corrected chi connectivity index (χ0v) is 9.59. The SMILES string of the molecule is Cc1cccc(CC(NN)C2(C)CC2)c1. The lowest BCUT2D eigenvalue weighted by Crippen LogP contribution is -2.42. The van der Waals surface area contributed by atoms with Crippen molar-refractivity contribution in [2.75, 3.05) is 0 Å². The molecule has 0 heterocycles. The van der Waals surface area contributed by atoms with Crippen LogP contribution in [0.4, 0.5) is 0 Å². The van der Waals surface area contributed by atoms with Gasteiger partial charge < -0.3 is 0 Å². The molecule has 1 aliphatic carbocycles. The van der Waals surface area contributed by atoms with Crippen LogP contribution in [-0.2, 0) is 6.42 Å². The van der Waals surface area contributed by atoms with Crippen molar-refractivity contribution < 1.29 is 0 Å². The van der Waals surface area contributed by atoms with E-state index in [4.69, 9.17) is 5.84 Å². The van der Waals surface area contributed by atoms with E-state index in [1.807, 2.05) is 0 Å². The van der Waals surface area contributed by atoms with Crippen LogP contribution in [0.3, 0.4) is 0 Å². The molecule has 0 aliphatic heterocycles. The molecule has 1 unspecified atom stereocenters. The van der Waals surface area contributed by atoms with E-state index >= 15 is 0 Å². The molecule has 3 N–H and O–H groups in total. The van der Waals surface area contributed by atoms with E-state index in [0.717, 1.165) is 6.42 Å². The van der Waals surface area contributed by atoms with Crippen LogP contribution >= 0.6 is 0 Å². The predicted octanol–water partition coefficient (Wildman–Crippen LogP) is 2.17. The molecule has 0 amide bonds. The molecule has 2 nitrogen and oxygen atoms in total. The van der Waals surface area contributed by atoms with E-state index in [1.54, 1.807) is 0 Å². The highest BCUT2D eigenvalue weighted by Crippen LogP contribution is 2.48. The number of hydrogen-bond donors (Lipinski definition) is 2. The van der Waals surface area contributed by atoms with Gasteiger partial charge in [0.25, 0.3) is 0 Å². The third kappa shape index (κ3) is 2.39. The van der Waals surface area contributed by atoms with Crippen LogP contribution in [0.5, 0.6) is 0 Å². The topological polar surface area (TPSA) is 38.0 Å². The summed E-state index contributed by atoms with van der Waals surface area (Å²) >= 11 is 0. The molecule has 1 saturated carbocycles. The molecule has 0 saturated heterocycles. The van der Waals surface area contributed by atoms with E-state index in [-0.39, 0.29) is 0 Å². The molecule has 1 fully saturated rings. The van der Waals surface area contributed by atoms with Gasteiger partial charge in [0.1, 0.15) is 0 Å². The van der Waals surface area contributed by atoms with Gasteiger partial charge in [-0.05, 0) is 37.2 Å². The fourth-order valence-corrected chi connectivity index (χ4v) is 2.13. The average Bonchev–Trinajstić information content (AvgIpc) is 2.94. The van der Waals surface area contributed by atoms with Gasteiger partial charge in [-0.25, -0.2) is 0 Å². The van der Waals surface area contributed by atoms with Gasteiger partial charge in [0.15, 0.2) is 0 Å². The maximum absolute atomic E-state index is 5.63. The number of rotatable bonds is 4. The highest BCUT2D eigenvalue weighted by molar-refractivity contribution is 5.23. The van der Waals surface area contributed by atoms with E-state index in [1.165, 1.54) is 24.0 Å². The van der Waals surface area contributed by atoms with Crippen LogP contribution in [-0.4, -0.2) is 6.04 Å². The molecule has 0 spiro atoms. The highest BCUT2D eigenvalue weighted by atomic mass is 15.2. The first-order valence-corrected chi connectivity index (χ1v) is 5.66. The largest absolute Gasteiger partial charge is 0.271 e. The summed E-state index contributed by atoms with van der Waals surface area (Å²) in [6.07, 6.45) is 3.63. The van der Waals surface area contributed by atoms with Gasteiger partial charge in [0.05, 0.1) is 0 Å². The van der Waals surface area contributed by atoms with Crippen molar-refractivity contribution in [3.63, 3.8) is 0 Å². The molecule has 1 aliphatic rings. The summed E-state index contributed by atoms with van der Waals surface area (Å²) in [6, 6.07) is 9.10. The molecule has 1 aromatic rings. The monoisotopic (exact) mass is 204 g/mol. The van der Waals surface area contributed by atoms with Gasteiger partial charge >= 0.3 is 0 Å². The van der Waals surface area contributed by atoms with Crippen LogP contribution in [0, 0.1) is 12.3 Å². The molecule has 2 heteroatoms. The minimum Gasteiger partial charge on any atom is -0.271 e. The van der Waals surface area contributed by atoms with Crippen molar-refractivity contribution in [3.05, 3.63) is 35.4 Å². The Morgan fingerprint density at radius 1 is 1.47 bits per heavy atom. The summed E-state index contributed by atoms with van der Waals surface area (Å²) in [4.78, 5) is 0. The maximum Gasteiger partial charge on any atom is 0.0304 e. The molecule has 0 radical (unpaired) electrons. The van der Waals surface area contributed by atoms with Crippen molar-refractivity contribution in [3.8, 4) is 0 Å². The second-order valence-corrected chi connectivity index (χ2v) is 5.07. The zero-order valence-electron chi connectivity index (χ0n) is 9.59. The van der Waals surface area contributed by atoms with Gasteiger partial charge in [-0.3, -0.25) is 11.3 Å². The summed E-state index contributed by atoms with van der Waals surface area (Å²) in [5.41, 5.74) is 6.11. The predicted molar refractivity (Wildman–Crippen MR) is 63.3 cm³/mol. The summed E-state index contributed by atoms with van der Waals surface area (Å²) in [5, 5.41) is 0. The van der Waals surface area contributed by atoms with Crippen molar-refractivity contribution >= 4 is 0 Å². The summed E-state index contributed by atoms with van der Waals surface area (Å²) in [6.45, 7) is 4.44. The van der Waals surface area contributed by atoms with Crippen molar-refractivity contribution in [2.45, 2.75) is 39.2 Å². The van der Waals surface area contributed by atoms with E-state index in [0.29, 0.717) is 11.5 Å². The first-order chi connectivity index (χ1) is 7.14. The van der Waals surface area contributed by atoms with Gasteiger partial charge in [-0.1, -0.05) is 36.8 Å². The van der Waals surface area contributed by atoms with Crippen molar-refractivity contribution in [1.29, 1.82) is 0 Å². The Hall–Kier alpha value is -0.860. The average molecular weight is 204 g/mol. The number of hydrogen-bond acceptors (Lipinski definition) is 2. The molecule has 2 rings (SSSR count). The van der Waals surface area contributed by atoms with Crippen LogP contribution < -0.4 is 11.3 Å². The molecule has 15 heavy (non-hydrogen) atoms. The number of nitrogens with two attached hydrogens (primary N) is 1. The summed E-state index contributed by atoms with van der Waals surface area (Å²) < 4.78 is 0. The van der Waals surface area contributed by atoms with E-state index in [9.17, 15) is 0 Å². The van der Waals surface area contributed by atoms with Crippen molar-refractivity contribution in [1.82, 2.24) is 5.43 Å². The minimum atomic E-state index is 0.416. The third-order valence-electron chi connectivity index (χ3n) is 3.60. The van der Waals surface area contributed by atoms with Crippen molar-refractivity contribution in [2.24, 2.45) is 11.3 Å². The highest BCUT2D eigenvalue weighted by Gasteiger charge is 2.44. The second kappa shape index (κ2) is 3.95. The molecule has 82 valence electrons. The Morgan fingerprint density at radius 2 is 2.20 bits per heavy atom. The normalized spacial score (nSPS) is 19.9. The third-order valence-corrected chi connectivity index (χ3v) is 3.60. The van der Waals surface area contributed by atoms with Gasteiger partial charge in [-0.15, -0.1) is 0 Å². The second-order valence-electron chi connectivity index (χ2n) is 5.07. The molecule has 1 atom stereocenters. The first kappa shape index (κ1) is 10.7. The zero-order chi connectivity index (χ0) is 10.9. The first-order valence-electron chi connectivity index (χ1n) is 5.66. The Morgan fingerprint density at radius 3 is 2.73 bits per heavy atom. The molecule has 0 aromatic heterocycles. The smallest absolute Gasteiger partial charge is 0.0304 e. The standard InChI is InChI=1S/C13H20N2/c1-10-4-3-5-11(8-10)9-12(15-14)13(2)6-7-13/h3-5,8,12,15H,6-7,9,14H2,1-2H3. The van der Waals surface area contributed by atoms with Crippen LogP contribution in [0.1, 0.15) is 30.9 Å². The quantitative estimate of drug-likeness (QED) is 0.582. The van der Waals surface area contributed by atoms with Crippen LogP contribution in [0.25, 0.3) is 0 Å². The Labute approximate surface area is 91.8 Å². The van der Waals surface area contributed by atoms with Crippen LogP contribution in [0.15, 0.2) is 24.3 Å². The minimum absolute atomic E-state index is 0.416.